The third kappa shape index (κ3) is 5.43. The summed E-state index contributed by atoms with van der Waals surface area (Å²) in [6.45, 7) is 1.86. The molecule has 0 spiro atoms. The van der Waals surface area contributed by atoms with E-state index in [2.05, 4.69) is 19.7 Å². The zero-order valence-corrected chi connectivity index (χ0v) is 16.2. The third-order valence-corrected chi connectivity index (χ3v) is 5.27. The third-order valence-electron chi connectivity index (χ3n) is 3.75. The lowest BCUT2D eigenvalue weighted by molar-refractivity contribution is -0.113. The predicted octanol–water partition coefficient (Wildman–Crippen LogP) is 2.31. The summed E-state index contributed by atoms with van der Waals surface area (Å²) >= 11 is 6.62. The smallest absolute Gasteiger partial charge is 0.337 e. The van der Waals surface area contributed by atoms with E-state index < -0.39 is 11.9 Å². The van der Waals surface area contributed by atoms with Gasteiger partial charge in [-0.05, 0) is 31.0 Å². The summed E-state index contributed by atoms with van der Waals surface area (Å²) in [5.74, 6) is -1.37. The summed E-state index contributed by atoms with van der Waals surface area (Å²) in [4.78, 5) is 37.8. The van der Waals surface area contributed by atoms with Crippen molar-refractivity contribution in [2.75, 3.05) is 38.4 Å². The second-order valence-electron chi connectivity index (χ2n) is 5.58. The lowest BCUT2D eigenvalue weighted by Crippen LogP contribution is -2.25. The molecule has 1 heterocycles. The van der Waals surface area contributed by atoms with Crippen LogP contribution in [0, 0.1) is 0 Å². The van der Waals surface area contributed by atoms with E-state index in [9.17, 15) is 14.4 Å². The minimum atomic E-state index is -0.615. The first kappa shape index (κ1) is 20.2. The summed E-state index contributed by atoms with van der Waals surface area (Å²) in [6.07, 6.45) is 2.23. The van der Waals surface area contributed by atoms with E-state index in [1.54, 1.807) is 0 Å². The van der Waals surface area contributed by atoms with Gasteiger partial charge in [-0.25, -0.2) is 9.59 Å². The Morgan fingerprint density at radius 2 is 1.62 bits per heavy atom. The number of thioether (sulfide) groups is 1. The highest BCUT2D eigenvalue weighted by atomic mass is 32.2. The van der Waals surface area contributed by atoms with E-state index in [-0.39, 0.29) is 22.8 Å². The van der Waals surface area contributed by atoms with E-state index >= 15 is 0 Å². The van der Waals surface area contributed by atoms with Gasteiger partial charge in [-0.1, -0.05) is 24.0 Å². The molecule has 140 valence electrons. The average molecular weight is 396 g/mol. The van der Waals surface area contributed by atoms with E-state index in [1.165, 1.54) is 44.2 Å². The molecule has 9 heteroatoms. The Balaban J connectivity index is 2.04. The number of hydrogen-bond acceptors (Lipinski definition) is 7. The number of thiocarbonyl (C=S) groups is 1. The number of rotatable bonds is 5. The molecule has 0 unspecified atom stereocenters. The van der Waals surface area contributed by atoms with Crippen molar-refractivity contribution in [3.05, 3.63) is 29.3 Å². The van der Waals surface area contributed by atoms with E-state index in [4.69, 9.17) is 12.2 Å². The van der Waals surface area contributed by atoms with Crippen LogP contribution in [0.25, 0.3) is 0 Å². The number of amides is 1. The summed E-state index contributed by atoms with van der Waals surface area (Å²) < 4.78 is 10.0. The molecule has 1 saturated heterocycles. The van der Waals surface area contributed by atoms with Gasteiger partial charge in [0.2, 0.25) is 5.91 Å². The highest BCUT2D eigenvalue weighted by Crippen LogP contribution is 2.19. The zero-order valence-electron chi connectivity index (χ0n) is 14.6. The van der Waals surface area contributed by atoms with Crippen molar-refractivity contribution in [1.29, 1.82) is 0 Å². The molecule has 0 aromatic heterocycles. The number of esters is 2. The van der Waals surface area contributed by atoms with Gasteiger partial charge in [0, 0.05) is 18.8 Å². The van der Waals surface area contributed by atoms with Gasteiger partial charge in [0.15, 0.2) is 0 Å². The molecule has 1 aromatic carbocycles. The molecule has 26 heavy (non-hydrogen) atoms. The highest BCUT2D eigenvalue weighted by Gasteiger charge is 2.18. The SMILES string of the molecule is COC(=O)c1cc(NC(=O)CSC(=S)N2CCCC2)cc(C(=O)OC)c1. The molecule has 1 N–H and O–H groups in total. The van der Waals surface area contributed by atoms with Gasteiger partial charge in [0.25, 0.3) is 0 Å². The normalized spacial score (nSPS) is 13.2. The quantitative estimate of drug-likeness (QED) is 0.600. The second kappa shape index (κ2) is 9.54. The molecule has 1 aliphatic heterocycles. The molecule has 0 saturated carbocycles. The van der Waals surface area contributed by atoms with Crippen molar-refractivity contribution < 1.29 is 23.9 Å². The van der Waals surface area contributed by atoms with Crippen LogP contribution in [0.4, 0.5) is 5.69 Å². The van der Waals surface area contributed by atoms with Gasteiger partial charge >= 0.3 is 11.9 Å². The summed E-state index contributed by atoms with van der Waals surface area (Å²) in [5, 5.41) is 2.67. The van der Waals surface area contributed by atoms with Crippen LogP contribution in [-0.4, -0.2) is 60.1 Å². The van der Waals surface area contributed by atoms with Crippen molar-refractivity contribution in [1.82, 2.24) is 4.90 Å². The zero-order chi connectivity index (χ0) is 19.1. The molecule has 1 aliphatic rings. The maximum Gasteiger partial charge on any atom is 0.337 e. The van der Waals surface area contributed by atoms with Gasteiger partial charge in [0.05, 0.1) is 31.1 Å². The number of carbonyl (C=O) groups excluding carboxylic acids is 3. The number of benzene rings is 1. The molecular formula is C17H20N2O5S2. The number of hydrogen-bond donors (Lipinski definition) is 1. The molecule has 0 atom stereocenters. The van der Waals surface area contributed by atoms with Crippen molar-refractivity contribution >= 4 is 51.8 Å². The Morgan fingerprint density at radius 1 is 1.08 bits per heavy atom. The fraction of sp³-hybridized carbons (Fsp3) is 0.412. The molecule has 2 rings (SSSR count). The summed E-state index contributed by atoms with van der Waals surface area (Å²) in [7, 11) is 2.47. The Bertz CT molecular complexity index is 683. The van der Waals surface area contributed by atoms with Crippen LogP contribution < -0.4 is 5.32 Å². The van der Waals surface area contributed by atoms with Crippen molar-refractivity contribution in [2.24, 2.45) is 0 Å². The van der Waals surface area contributed by atoms with E-state index in [1.807, 2.05) is 0 Å². The summed E-state index contributed by atoms with van der Waals surface area (Å²) in [6, 6.07) is 4.24. The average Bonchev–Trinajstić information content (AvgIpc) is 3.19. The van der Waals surface area contributed by atoms with Crippen LogP contribution >= 0.6 is 24.0 Å². The van der Waals surface area contributed by atoms with Crippen LogP contribution in [0.15, 0.2) is 18.2 Å². The van der Waals surface area contributed by atoms with Crippen LogP contribution in [0.2, 0.25) is 0 Å². The first-order valence-electron chi connectivity index (χ1n) is 7.98. The Morgan fingerprint density at radius 3 is 2.12 bits per heavy atom. The van der Waals surface area contributed by atoms with Gasteiger partial charge in [-0.15, -0.1) is 0 Å². The maximum absolute atomic E-state index is 12.2. The molecule has 1 aromatic rings. The summed E-state index contributed by atoms with van der Waals surface area (Å²) in [5.41, 5.74) is 0.600. The predicted molar refractivity (Wildman–Crippen MR) is 104 cm³/mol. The van der Waals surface area contributed by atoms with Gasteiger partial charge in [-0.2, -0.15) is 0 Å². The molecule has 1 fully saturated rings. The fourth-order valence-corrected chi connectivity index (χ4v) is 3.54. The van der Waals surface area contributed by atoms with Gasteiger partial charge < -0.3 is 19.7 Å². The number of nitrogens with one attached hydrogen (secondary N) is 1. The number of carbonyl (C=O) groups is 3. The topological polar surface area (TPSA) is 84.9 Å². The molecule has 0 aliphatic carbocycles. The Kier molecular flexibility index (Phi) is 7.40. The number of anilines is 1. The van der Waals surface area contributed by atoms with E-state index in [0.29, 0.717) is 10.0 Å². The van der Waals surface area contributed by atoms with Crippen molar-refractivity contribution in [2.45, 2.75) is 12.8 Å². The van der Waals surface area contributed by atoms with E-state index in [0.717, 1.165) is 25.9 Å². The number of nitrogens with zero attached hydrogens (tertiary/aromatic N) is 1. The fourth-order valence-electron chi connectivity index (χ4n) is 2.49. The molecule has 1 amide bonds. The lowest BCUT2D eigenvalue weighted by Gasteiger charge is -2.17. The number of methoxy groups -OCH3 is 2. The molecular weight excluding hydrogens is 376 g/mol. The number of ether oxygens (including phenoxy) is 2. The van der Waals surface area contributed by atoms with Crippen LogP contribution in [-0.2, 0) is 14.3 Å². The minimum Gasteiger partial charge on any atom is -0.465 e. The second-order valence-corrected chi connectivity index (χ2v) is 7.19. The Hall–Kier alpha value is -2.13. The molecule has 0 bridgehead atoms. The van der Waals surface area contributed by atoms with Crippen molar-refractivity contribution in [3.63, 3.8) is 0 Å². The molecule has 0 radical (unpaired) electrons. The van der Waals surface area contributed by atoms with Crippen molar-refractivity contribution in [3.8, 4) is 0 Å². The van der Waals surface area contributed by atoms with Crippen LogP contribution in [0.3, 0.4) is 0 Å². The van der Waals surface area contributed by atoms with Crippen LogP contribution in [0.5, 0.6) is 0 Å². The largest absolute Gasteiger partial charge is 0.465 e. The minimum absolute atomic E-state index is 0.144. The highest BCUT2D eigenvalue weighted by molar-refractivity contribution is 8.23. The molecule has 7 nitrogen and oxygen atoms in total. The van der Waals surface area contributed by atoms with Gasteiger partial charge in [-0.3, -0.25) is 4.79 Å². The number of likely N-dealkylation sites (tertiary alicyclic amines) is 1. The monoisotopic (exact) mass is 396 g/mol. The first-order valence-corrected chi connectivity index (χ1v) is 9.37. The standard InChI is InChI=1S/C17H20N2O5S2/c1-23-15(21)11-7-12(16(22)24-2)9-13(8-11)18-14(20)10-26-17(25)19-5-3-4-6-19/h7-9H,3-6,10H2,1-2H3,(H,18,20). The van der Waals surface area contributed by atoms with Gasteiger partial charge in [0.1, 0.15) is 4.32 Å². The lowest BCUT2D eigenvalue weighted by atomic mass is 10.1. The first-order chi connectivity index (χ1) is 12.4. The maximum atomic E-state index is 12.2. The Labute approximate surface area is 161 Å². The van der Waals surface area contributed by atoms with Crippen LogP contribution in [0.1, 0.15) is 33.6 Å².